The summed E-state index contributed by atoms with van der Waals surface area (Å²) in [5.41, 5.74) is 0. The Hall–Kier alpha value is 0.730. The molecule has 0 saturated heterocycles. The molecule has 0 radical (unpaired) electrons. The fourth-order valence-electron chi connectivity index (χ4n) is 1.81. The molecule has 0 bridgehead atoms. The van der Waals surface area contributed by atoms with Crippen molar-refractivity contribution in [3.8, 4) is 0 Å². The second-order valence-corrected chi connectivity index (χ2v) is 4.52. The number of hydrogen-bond donors (Lipinski definition) is 0. The van der Waals surface area contributed by atoms with Gasteiger partial charge in [-0.1, -0.05) is 64.7 Å². The van der Waals surface area contributed by atoms with Gasteiger partial charge in [0.05, 0.1) is 6.61 Å². The van der Waals surface area contributed by atoms with Crippen LogP contribution in [0.5, 0.6) is 0 Å². The van der Waals surface area contributed by atoms with Gasteiger partial charge in [-0.15, -0.1) is 0 Å². The number of carbonyl (C=O) groups excluding carboxylic acids is 1. The molecule has 0 aromatic carbocycles. The summed E-state index contributed by atoms with van der Waals surface area (Å²) in [5.74, 6) is -0.157. The van der Waals surface area contributed by atoms with E-state index in [1.165, 1.54) is 64.7 Å². The number of carbonyl (C=O) groups is 1. The molecule has 0 amide bonds. The van der Waals surface area contributed by atoms with Crippen LogP contribution >= 0.6 is 0 Å². The fourth-order valence-corrected chi connectivity index (χ4v) is 1.81. The van der Waals surface area contributed by atoms with Gasteiger partial charge in [0.15, 0.2) is 0 Å². The predicted molar refractivity (Wildman–Crippen MR) is 77.0 cm³/mol. The quantitative estimate of drug-likeness (QED) is 0.326. The Kier molecular flexibility index (Phi) is 19.7. The number of hydrogen-bond acceptors (Lipinski definition) is 2. The van der Waals surface area contributed by atoms with Crippen molar-refractivity contribution < 1.29 is 9.53 Å². The van der Waals surface area contributed by atoms with E-state index in [-0.39, 0.29) is 43.7 Å². The summed E-state index contributed by atoms with van der Waals surface area (Å²) in [7, 11) is 0. The van der Waals surface area contributed by atoms with Crippen LogP contribution in [0.15, 0.2) is 0 Å². The third-order valence-electron chi connectivity index (χ3n) is 2.80. The molecule has 0 N–H and O–H groups in total. The van der Waals surface area contributed by atoms with Crippen molar-refractivity contribution in [2.24, 2.45) is 0 Å². The maximum absolute atomic E-state index is 10.5. The van der Waals surface area contributed by atoms with Gasteiger partial charge in [0.1, 0.15) is 0 Å². The van der Waals surface area contributed by atoms with Gasteiger partial charge in [-0.2, -0.15) is 0 Å². The molecular weight excluding hydrogens is 240 g/mol. The van der Waals surface area contributed by atoms with Crippen molar-refractivity contribution in [1.82, 2.24) is 0 Å². The molecule has 0 saturated carbocycles. The molecule has 0 rings (SSSR count). The Balaban J connectivity index is 0. The summed E-state index contributed by atoms with van der Waals surface area (Å²) in [4.78, 5) is 10.5. The molecule has 0 aliphatic carbocycles. The molecule has 0 aromatic heterocycles. The Labute approximate surface area is 137 Å². The van der Waals surface area contributed by atoms with Crippen molar-refractivity contribution in [3.63, 3.8) is 0 Å². The van der Waals surface area contributed by atoms with Gasteiger partial charge in [0.25, 0.3) is 0 Å². The van der Waals surface area contributed by atoms with Crippen LogP contribution in [0.3, 0.4) is 0 Å². The summed E-state index contributed by atoms with van der Waals surface area (Å²) in [6.07, 6.45) is 13.1. The van der Waals surface area contributed by atoms with E-state index in [4.69, 9.17) is 4.74 Å². The van der Waals surface area contributed by atoms with Gasteiger partial charge in [-0.05, 0) is 6.42 Å². The molecule has 0 heterocycles. The molecule has 2 nitrogen and oxygen atoms in total. The van der Waals surface area contributed by atoms with Crippen LogP contribution < -0.4 is 0 Å². The normalized spacial score (nSPS) is 9.76. The second-order valence-electron chi connectivity index (χ2n) is 4.52. The Bertz CT molecular complexity index is 160. The van der Waals surface area contributed by atoms with E-state index < -0.39 is 0 Å². The third kappa shape index (κ3) is 19.3. The van der Waals surface area contributed by atoms with Crippen molar-refractivity contribution in [1.29, 1.82) is 0 Å². The molecule has 0 aliphatic rings. The first kappa shape index (κ1) is 20.1. The SMILES string of the molecule is CCCCCCCCCCCCOC(C)=O.[CaH2]. The summed E-state index contributed by atoms with van der Waals surface area (Å²) in [6, 6.07) is 0. The summed E-state index contributed by atoms with van der Waals surface area (Å²) in [5, 5.41) is 0. The van der Waals surface area contributed by atoms with E-state index in [0.717, 1.165) is 6.42 Å². The molecule has 0 atom stereocenters. The summed E-state index contributed by atoms with van der Waals surface area (Å²) < 4.78 is 4.87. The monoisotopic (exact) mass is 270 g/mol. The standard InChI is InChI=1S/C14H28O2.Ca.2H/c1-3-4-5-6-7-8-9-10-11-12-13-16-14(2)15;;;/h3-13H2,1-2H3;;;. The predicted octanol–water partition coefficient (Wildman–Crippen LogP) is 3.55. The molecule has 3 heteroatoms. The molecular formula is C14H30CaO2. The van der Waals surface area contributed by atoms with Crippen LogP contribution in [0, 0.1) is 0 Å². The van der Waals surface area contributed by atoms with E-state index in [0.29, 0.717) is 6.61 Å². The maximum atomic E-state index is 10.5. The molecule has 0 unspecified atom stereocenters. The van der Waals surface area contributed by atoms with E-state index in [2.05, 4.69) is 6.92 Å². The first-order chi connectivity index (χ1) is 7.77. The number of esters is 1. The van der Waals surface area contributed by atoms with E-state index in [1.54, 1.807) is 0 Å². The number of unbranched alkanes of at least 4 members (excludes halogenated alkanes) is 9. The minimum absolute atomic E-state index is 0. The molecule has 0 spiro atoms. The molecule has 17 heavy (non-hydrogen) atoms. The van der Waals surface area contributed by atoms with Gasteiger partial charge in [0.2, 0.25) is 0 Å². The topological polar surface area (TPSA) is 26.3 Å². The average Bonchev–Trinajstić information content (AvgIpc) is 2.25. The Morgan fingerprint density at radius 3 is 1.65 bits per heavy atom. The van der Waals surface area contributed by atoms with Crippen LogP contribution in [0.1, 0.15) is 78.1 Å². The molecule has 0 fully saturated rings. The first-order valence-corrected chi connectivity index (χ1v) is 6.90. The van der Waals surface area contributed by atoms with Gasteiger partial charge < -0.3 is 4.74 Å². The Morgan fingerprint density at radius 2 is 1.24 bits per heavy atom. The van der Waals surface area contributed by atoms with Gasteiger partial charge in [-0.3, -0.25) is 4.79 Å². The number of ether oxygens (including phenoxy) is 1. The van der Waals surface area contributed by atoms with Crippen molar-refractivity contribution >= 4 is 43.7 Å². The van der Waals surface area contributed by atoms with E-state index >= 15 is 0 Å². The van der Waals surface area contributed by atoms with Gasteiger partial charge in [-0.25, -0.2) is 0 Å². The molecule has 0 aliphatic heterocycles. The molecule has 0 aromatic rings. The summed E-state index contributed by atoms with van der Waals surface area (Å²) >= 11 is 0. The van der Waals surface area contributed by atoms with Crippen LogP contribution in [0.4, 0.5) is 0 Å². The van der Waals surface area contributed by atoms with Gasteiger partial charge in [0, 0.05) is 6.92 Å². The Morgan fingerprint density at radius 1 is 0.824 bits per heavy atom. The van der Waals surface area contributed by atoms with Crippen molar-refractivity contribution in [3.05, 3.63) is 0 Å². The van der Waals surface area contributed by atoms with Gasteiger partial charge >= 0.3 is 43.7 Å². The fraction of sp³-hybridized carbons (Fsp3) is 0.929. The second kappa shape index (κ2) is 16.7. The zero-order chi connectivity index (χ0) is 12.1. The van der Waals surface area contributed by atoms with Crippen molar-refractivity contribution in [2.75, 3.05) is 6.61 Å². The van der Waals surface area contributed by atoms with Crippen LogP contribution in [0.2, 0.25) is 0 Å². The first-order valence-electron chi connectivity index (χ1n) is 6.90. The van der Waals surface area contributed by atoms with Crippen LogP contribution in [-0.2, 0) is 9.53 Å². The zero-order valence-corrected chi connectivity index (χ0v) is 11.1. The van der Waals surface area contributed by atoms with Crippen LogP contribution in [0.25, 0.3) is 0 Å². The van der Waals surface area contributed by atoms with E-state index in [1.807, 2.05) is 0 Å². The third-order valence-corrected chi connectivity index (χ3v) is 2.80. The van der Waals surface area contributed by atoms with E-state index in [9.17, 15) is 4.79 Å². The summed E-state index contributed by atoms with van der Waals surface area (Å²) in [6.45, 7) is 4.32. The number of rotatable bonds is 11. The van der Waals surface area contributed by atoms with Crippen LogP contribution in [-0.4, -0.2) is 50.3 Å². The molecule has 100 valence electrons. The van der Waals surface area contributed by atoms with Crippen molar-refractivity contribution in [2.45, 2.75) is 78.1 Å². The average molecular weight is 270 g/mol. The zero-order valence-electron chi connectivity index (χ0n) is 11.1. The minimum atomic E-state index is -0.157.